The maximum atomic E-state index is 15.9. The first-order valence-corrected chi connectivity index (χ1v) is 16.2. The number of nitrogens with zero attached hydrogens (tertiary/aromatic N) is 7. The second-order valence-electron chi connectivity index (χ2n) is 10.3. The number of imidazole rings is 2. The van der Waals surface area contributed by atoms with Gasteiger partial charge in [-0.1, -0.05) is 0 Å². The van der Waals surface area contributed by atoms with E-state index in [1.165, 1.54) is 18.0 Å². The quantitative estimate of drug-likeness (QED) is 0.160. The van der Waals surface area contributed by atoms with Crippen molar-refractivity contribution in [3.8, 4) is 0 Å². The molecule has 1 unspecified atom stereocenters. The second kappa shape index (κ2) is 11.2. The van der Waals surface area contributed by atoms with Gasteiger partial charge in [0.05, 0.1) is 19.3 Å². The first-order valence-electron chi connectivity index (χ1n) is 13.3. The van der Waals surface area contributed by atoms with Crippen LogP contribution < -0.4 is 26.6 Å². The van der Waals surface area contributed by atoms with Gasteiger partial charge < -0.3 is 39.6 Å². The van der Waals surface area contributed by atoms with Crippen molar-refractivity contribution in [1.29, 1.82) is 0 Å². The molecule has 4 aromatic rings. The molecule has 25 heteroatoms. The molecule has 7 rings (SSSR count). The third-order valence-electron chi connectivity index (χ3n) is 7.56. The number of halogens is 1. The van der Waals surface area contributed by atoms with Crippen molar-refractivity contribution in [2.45, 2.75) is 49.1 Å². The lowest BCUT2D eigenvalue weighted by Crippen LogP contribution is -2.46. The van der Waals surface area contributed by atoms with Gasteiger partial charge >= 0.3 is 10.3 Å². The molecule has 0 saturated carbocycles. The van der Waals surface area contributed by atoms with E-state index in [0.29, 0.717) is 0 Å². The van der Waals surface area contributed by atoms with Crippen molar-refractivity contribution in [3.63, 3.8) is 0 Å². The molecule has 0 radical (unpaired) electrons. The van der Waals surface area contributed by atoms with Crippen LogP contribution in [0.2, 0.25) is 0 Å². The molecule has 3 aliphatic heterocycles. The van der Waals surface area contributed by atoms with Crippen LogP contribution in [-0.4, -0.2) is 104 Å². The van der Waals surface area contributed by atoms with Gasteiger partial charge in [0.2, 0.25) is 5.95 Å². The number of ether oxygens (including phenoxy) is 3. The molecular weight excluding hydrogens is 664 g/mol. The molecular formula is C21H24FN11O11PS-. The molecule has 0 amide bonds. The summed E-state index contributed by atoms with van der Waals surface area (Å²) >= 11 is 0. The molecule has 9 atom stereocenters. The fraction of sp³-hybridized carbons (Fsp3) is 0.524. The number of phosphoric ester groups is 1. The van der Waals surface area contributed by atoms with E-state index in [4.69, 9.17) is 38.9 Å². The highest BCUT2D eigenvalue weighted by Gasteiger charge is 2.53. The van der Waals surface area contributed by atoms with Crippen LogP contribution in [0.4, 0.5) is 16.2 Å². The minimum Gasteiger partial charge on any atom is -0.756 e. The van der Waals surface area contributed by atoms with Crippen molar-refractivity contribution in [2.75, 3.05) is 31.7 Å². The lowest BCUT2D eigenvalue weighted by atomic mass is 10.1. The number of fused-ring (bicyclic) bond motifs is 4. The molecule has 0 aliphatic carbocycles. The number of nitrogens with one attached hydrogen (secondary N) is 2. The maximum absolute atomic E-state index is 15.9. The van der Waals surface area contributed by atoms with Crippen LogP contribution in [0.3, 0.4) is 0 Å². The molecule has 0 spiro atoms. The zero-order valence-electron chi connectivity index (χ0n) is 23.3. The standard InChI is InChI=1S/C21H25FN11O11PS/c1-39-14-13-8(42-20(14)33-6-28-11-17(33)30-21(24)31-18(11)34)3-40-45(35,36)43-12-7(2-29-46(37,38)44-13)41-19(9(12)22)32-5-27-10-15(23)25-4-26-16(10)32/h4-9,12-14,19-20,29H,2-3H2,1H3,(H,35,36)(H2,23,25,26)(H3,24,30,31,34)/p-1/t7-,8-,9-,12-,13-,14-,19-,20-/m1/s1. The minimum atomic E-state index is -5.33. The van der Waals surface area contributed by atoms with Crippen molar-refractivity contribution in [3.05, 3.63) is 29.3 Å². The summed E-state index contributed by atoms with van der Waals surface area (Å²) in [4.78, 5) is 47.6. The molecule has 3 fully saturated rings. The van der Waals surface area contributed by atoms with Crippen LogP contribution in [0.15, 0.2) is 23.8 Å². The Morgan fingerprint density at radius 1 is 1.07 bits per heavy atom. The van der Waals surface area contributed by atoms with E-state index in [0.717, 1.165) is 17.2 Å². The first-order chi connectivity index (χ1) is 21.9. The highest BCUT2D eigenvalue weighted by molar-refractivity contribution is 7.84. The summed E-state index contributed by atoms with van der Waals surface area (Å²) in [6.07, 6.45) is -9.24. The third-order valence-corrected chi connectivity index (χ3v) is 9.52. The molecule has 22 nitrogen and oxygen atoms in total. The van der Waals surface area contributed by atoms with Crippen molar-refractivity contribution in [1.82, 2.24) is 43.8 Å². The zero-order chi connectivity index (χ0) is 32.5. The number of H-pyrrole nitrogens is 1. The van der Waals surface area contributed by atoms with E-state index in [9.17, 15) is 22.7 Å². The highest BCUT2D eigenvalue weighted by Crippen LogP contribution is 2.48. The average molecular weight is 689 g/mol. The van der Waals surface area contributed by atoms with Gasteiger partial charge in [-0.2, -0.15) is 18.1 Å². The summed E-state index contributed by atoms with van der Waals surface area (Å²) in [6.45, 7) is -1.56. The number of alkyl halides is 1. The van der Waals surface area contributed by atoms with E-state index in [-0.39, 0.29) is 34.1 Å². The Labute approximate surface area is 256 Å². The predicted molar refractivity (Wildman–Crippen MR) is 146 cm³/mol. The van der Waals surface area contributed by atoms with E-state index in [1.54, 1.807) is 0 Å². The SMILES string of the molecule is CO[C@@H]1[C@@H]2OS(=O)(=O)NC[C@H]3O[C@@H](n4cnc5c(N)ncnc54)[C@H](F)[C@@H]3OP(=O)([O-])OC[C@H]2O[C@H]1n1cnc2c(=O)[nH]c(N)nc21. The fourth-order valence-corrected chi connectivity index (χ4v) is 7.44. The Morgan fingerprint density at radius 2 is 1.78 bits per heavy atom. The molecule has 4 aromatic heterocycles. The van der Waals surface area contributed by atoms with E-state index in [1.807, 2.05) is 0 Å². The van der Waals surface area contributed by atoms with Crippen LogP contribution in [0.25, 0.3) is 22.3 Å². The molecule has 3 aliphatic rings. The van der Waals surface area contributed by atoms with Gasteiger partial charge in [0, 0.05) is 13.7 Å². The Kier molecular flexibility index (Phi) is 7.54. The van der Waals surface area contributed by atoms with Gasteiger partial charge in [0.25, 0.3) is 13.4 Å². The van der Waals surface area contributed by atoms with Gasteiger partial charge in [-0.3, -0.25) is 23.5 Å². The lowest BCUT2D eigenvalue weighted by molar-refractivity contribution is -0.235. The van der Waals surface area contributed by atoms with Crippen molar-refractivity contribution < 1.29 is 49.7 Å². The smallest absolute Gasteiger partial charge is 0.336 e. The van der Waals surface area contributed by atoms with Crippen LogP contribution in [0.1, 0.15) is 12.5 Å². The molecule has 46 heavy (non-hydrogen) atoms. The number of nitrogens with two attached hydrogens (primary N) is 2. The molecule has 7 heterocycles. The van der Waals surface area contributed by atoms with E-state index >= 15 is 4.39 Å². The van der Waals surface area contributed by atoms with E-state index < -0.39 is 86.0 Å². The number of rotatable bonds is 3. The Balaban J connectivity index is 1.19. The number of aromatic nitrogens is 8. The fourth-order valence-electron chi connectivity index (χ4n) is 5.54. The lowest BCUT2D eigenvalue weighted by Gasteiger charge is -2.31. The average Bonchev–Trinajstić information content (AvgIpc) is 3.75. The number of anilines is 2. The molecule has 6 N–H and O–H groups in total. The number of methoxy groups -OCH3 is 1. The topological polar surface area (TPSA) is 301 Å². The Morgan fingerprint density at radius 3 is 2.54 bits per heavy atom. The third kappa shape index (κ3) is 5.30. The van der Waals surface area contributed by atoms with Crippen molar-refractivity contribution in [2.24, 2.45) is 0 Å². The summed E-state index contributed by atoms with van der Waals surface area (Å²) in [5.41, 5.74) is 10.9. The molecule has 0 aromatic carbocycles. The van der Waals surface area contributed by atoms with Gasteiger partial charge in [-0.25, -0.2) is 28.5 Å². The van der Waals surface area contributed by atoms with Gasteiger partial charge in [0.1, 0.15) is 42.4 Å². The molecule has 248 valence electrons. The normalized spacial score (nSPS) is 35.0. The second-order valence-corrected chi connectivity index (χ2v) is 13.1. The number of nitrogen functional groups attached to an aromatic ring is 2. The van der Waals surface area contributed by atoms with Crippen LogP contribution >= 0.6 is 7.82 Å². The van der Waals surface area contributed by atoms with Crippen LogP contribution in [-0.2, 0) is 42.3 Å². The highest BCUT2D eigenvalue weighted by atomic mass is 32.2. The summed E-state index contributed by atoms with van der Waals surface area (Å²) in [5.74, 6) is -0.241. The van der Waals surface area contributed by atoms with Crippen molar-refractivity contribution >= 4 is 52.2 Å². The monoisotopic (exact) mass is 688 g/mol. The predicted octanol–water partition coefficient (Wildman–Crippen LogP) is -2.62. The Bertz CT molecular complexity index is 2030. The summed E-state index contributed by atoms with van der Waals surface area (Å²) in [5, 5.41) is 0. The minimum absolute atomic E-state index is 0.00177. The van der Waals surface area contributed by atoms with E-state index in [2.05, 4.69) is 34.6 Å². The maximum Gasteiger partial charge on any atom is 0.336 e. The summed E-state index contributed by atoms with van der Waals surface area (Å²) in [6, 6.07) is 0. The van der Waals surface area contributed by atoms with Crippen LogP contribution in [0.5, 0.6) is 0 Å². The first kappa shape index (κ1) is 30.9. The number of hydrogen-bond acceptors (Lipinski definition) is 18. The zero-order valence-corrected chi connectivity index (χ0v) is 25.0. The van der Waals surface area contributed by atoms with Gasteiger partial charge in [-0.05, 0) is 0 Å². The largest absolute Gasteiger partial charge is 0.756 e. The van der Waals surface area contributed by atoms with Crippen LogP contribution in [0, 0.1) is 0 Å². The number of hydrogen-bond donors (Lipinski definition) is 4. The number of aromatic amines is 1. The number of phosphoric acid groups is 1. The molecule has 3 saturated heterocycles. The Hall–Kier alpha value is -3.71. The van der Waals surface area contributed by atoms with Gasteiger partial charge in [0.15, 0.2) is 41.3 Å². The summed E-state index contributed by atoms with van der Waals surface area (Å²) in [7, 11) is -8.81. The molecule has 0 bridgehead atoms. The summed E-state index contributed by atoms with van der Waals surface area (Å²) < 4.78 is 92.5. The van der Waals surface area contributed by atoms with Gasteiger partial charge in [-0.15, -0.1) is 0 Å².